The van der Waals surface area contributed by atoms with Gasteiger partial charge in [0, 0.05) is 26.2 Å². The first-order valence-corrected chi connectivity index (χ1v) is 7.43. The summed E-state index contributed by atoms with van der Waals surface area (Å²) in [6.07, 6.45) is 1.87. The monoisotopic (exact) mass is 297 g/mol. The number of carbonyl (C=O) groups excluding carboxylic acids is 2. The van der Waals surface area contributed by atoms with E-state index in [0.29, 0.717) is 13.1 Å². The maximum absolute atomic E-state index is 11.6. The van der Waals surface area contributed by atoms with Crippen LogP contribution in [0.15, 0.2) is 11.6 Å². The molecule has 1 fully saturated rings. The quantitative estimate of drug-likeness (QED) is 0.736. The molecule has 2 heterocycles. The van der Waals surface area contributed by atoms with Crippen LogP contribution in [0, 0.1) is 0 Å². The van der Waals surface area contributed by atoms with Crippen molar-refractivity contribution in [3.8, 4) is 0 Å². The van der Waals surface area contributed by atoms with Gasteiger partial charge in [-0.25, -0.2) is 9.59 Å². The molecular formula is C14H23N3O4. The van der Waals surface area contributed by atoms with Gasteiger partial charge >= 0.3 is 12.2 Å². The van der Waals surface area contributed by atoms with E-state index in [1.807, 2.05) is 13.8 Å². The second-order valence-electron chi connectivity index (χ2n) is 5.09. The molecule has 2 N–H and O–H groups in total. The predicted molar refractivity (Wildman–Crippen MR) is 77.0 cm³/mol. The van der Waals surface area contributed by atoms with Gasteiger partial charge in [0.15, 0.2) is 0 Å². The Hall–Kier alpha value is -1.76. The molecule has 0 spiro atoms. The van der Waals surface area contributed by atoms with Crippen LogP contribution in [0.5, 0.6) is 0 Å². The van der Waals surface area contributed by atoms with E-state index in [9.17, 15) is 9.59 Å². The zero-order chi connectivity index (χ0) is 15.2. The fourth-order valence-electron chi connectivity index (χ4n) is 2.79. The second-order valence-corrected chi connectivity index (χ2v) is 5.09. The molecular weight excluding hydrogens is 274 g/mol. The van der Waals surface area contributed by atoms with Gasteiger partial charge in [0.25, 0.3) is 0 Å². The molecule has 0 bridgehead atoms. The minimum atomic E-state index is -0.420. The molecule has 118 valence electrons. The van der Waals surface area contributed by atoms with Crippen molar-refractivity contribution < 1.29 is 19.1 Å². The predicted octanol–water partition coefficient (Wildman–Crippen LogP) is 0.862. The molecule has 0 unspecified atom stereocenters. The van der Waals surface area contributed by atoms with Gasteiger partial charge in [-0.1, -0.05) is 6.08 Å². The number of rotatable bonds is 5. The van der Waals surface area contributed by atoms with Crippen LogP contribution >= 0.6 is 0 Å². The van der Waals surface area contributed by atoms with E-state index in [0.717, 1.165) is 25.1 Å². The summed E-state index contributed by atoms with van der Waals surface area (Å²) in [4.78, 5) is 25.2. The van der Waals surface area contributed by atoms with E-state index >= 15 is 0 Å². The molecule has 2 atom stereocenters. The lowest BCUT2D eigenvalue weighted by atomic mass is 10.1. The van der Waals surface area contributed by atoms with Crippen LogP contribution in [0.3, 0.4) is 0 Å². The molecule has 2 rings (SSSR count). The fourth-order valence-corrected chi connectivity index (χ4v) is 2.79. The van der Waals surface area contributed by atoms with Crippen molar-refractivity contribution in [2.24, 2.45) is 0 Å². The van der Waals surface area contributed by atoms with E-state index in [-0.39, 0.29) is 24.8 Å². The van der Waals surface area contributed by atoms with Crippen LogP contribution in [0.25, 0.3) is 0 Å². The molecule has 0 aromatic rings. The van der Waals surface area contributed by atoms with Crippen LogP contribution in [0.1, 0.15) is 20.3 Å². The highest BCUT2D eigenvalue weighted by Gasteiger charge is 2.41. The van der Waals surface area contributed by atoms with Crippen LogP contribution < -0.4 is 10.6 Å². The van der Waals surface area contributed by atoms with Crippen LogP contribution in [-0.2, 0) is 9.47 Å². The summed E-state index contributed by atoms with van der Waals surface area (Å²) in [5.74, 6) is 0. The Morgan fingerprint density at radius 1 is 1.29 bits per heavy atom. The number of ether oxygens (including phenoxy) is 2. The number of nitrogens with zero attached hydrogens (tertiary/aromatic N) is 1. The van der Waals surface area contributed by atoms with Crippen LogP contribution in [0.2, 0.25) is 0 Å². The molecule has 7 heteroatoms. The standard InChI is InChI=1S/C14H23N3O4/c1-3-15-13(18)20-9-10-5-7-17-8-6-11(12(10)17)21-14(19)16-4-2/h5,11-12H,3-4,6-9H2,1-2H3,(H,15,18)(H,16,19)/t11-,12-/m1/s1. The zero-order valence-electron chi connectivity index (χ0n) is 12.6. The molecule has 2 aliphatic heterocycles. The van der Waals surface area contributed by atoms with Gasteiger partial charge in [0.1, 0.15) is 12.7 Å². The second kappa shape index (κ2) is 7.31. The number of amides is 2. The third kappa shape index (κ3) is 3.87. The normalized spacial score (nSPS) is 24.2. The molecule has 0 aromatic carbocycles. The maximum atomic E-state index is 11.6. The van der Waals surface area contributed by atoms with Crippen molar-refractivity contribution in [3.05, 3.63) is 11.6 Å². The van der Waals surface area contributed by atoms with Crippen molar-refractivity contribution in [1.82, 2.24) is 15.5 Å². The van der Waals surface area contributed by atoms with E-state index < -0.39 is 6.09 Å². The summed E-state index contributed by atoms with van der Waals surface area (Å²) < 4.78 is 10.6. The van der Waals surface area contributed by atoms with Gasteiger partial charge in [-0.3, -0.25) is 4.90 Å². The Kier molecular flexibility index (Phi) is 5.44. The fraction of sp³-hybridized carbons (Fsp3) is 0.714. The first-order chi connectivity index (χ1) is 10.2. The molecule has 0 saturated carbocycles. The van der Waals surface area contributed by atoms with Crippen molar-refractivity contribution >= 4 is 12.2 Å². The number of carbonyl (C=O) groups is 2. The van der Waals surface area contributed by atoms with Gasteiger partial charge < -0.3 is 20.1 Å². The lowest BCUT2D eigenvalue weighted by molar-refractivity contribution is 0.0821. The number of nitrogens with one attached hydrogen (secondary N) is 2. The van der Waals surface area contributed by atoms with Gasteiger partial charge in [-0.2, -0.15) is 0 Å². The first kappa shape index (κ1) is 15.6. The van der Waals surface area contributed by atoms with Gasteiger partial charge in [-0.15, -0.1) is 0 Å². The molecule has 0 radical (unpaired) electrons. The topological polar surface area (TPSA) is 79.9 Å². The molecule has 0 aromatic heterocycles. The van der Waals surface area contributed by atoms with Crippen molar-refractivity contribution in [3.63, 3.8) is 0 Å². The SMILES string of the molecule is CCNC(=O)OCC1=CCN2CC[C@@H](OC(=O)NCC)[C@@H]12. The smallest absolute Gasteiger partial charge is 0.407 e. The largest absolute Gasteiger partial charge is 0.445 e. The Bertz CT molecular complexity index is 424. The van der Waals surface area contributed by atoms with E-state index in [1.165, 1.54) is 0 Å². The van der Waals surface area contributed by atoms with Crippen molar-refractivity contribution in [2.75, 3.05) is 32.8 Å². The maximum Gasteiger partial charge on any atom is 0.407 e. The molecule has 7 nitrogen and oxygen atoms in total. The Labute approximate surface area is 124 Å². The molecule has 2 amide bonds. The molecule has 2 aliphatic rings. The lowest BCUT2D eigenvalue weighted by Gasteiger charge is -2.24. The van der Waals surface area contributed by atoms with Crippen LogP contribution in [-0.4, -0.2) is 62.0 Å². The molecule has 1 saturated heterocycles. The van der Waals surface area contributed by atoms with E-state index in [2.05, 4.69) is 21.6 Å². The summed E-state index contributed by atoms with van der Waals surface area (Å²) >= 11 is 0. The lowest BCUT2D eigenvalue weighted by Crippen LogP contribution is -2.38. The number of alkyl carbamates (subject to hydrolysis) is 2. The summed E-state index contributed by atoms with van der Waals surface area (Å²) in [7, 11) is 0. The van der Waals surface area contributed by atoms with Crippen molar-refractivity contribution in [2.45, 2.75) is 32.4 Å². The third-order valence-electron chi connectivity index (χ3n) is 3.68. The van der Waals surface area contributed by atoms with Gasteiger partial charge in [-0.05, 0) is 25.8 Å². The number of fused-ring (bicyclic) bond motifs is 1. The minimum Gasteiger partial charge on any atom is -0.445 e. The van der Waals surface area contributed by atoms with E-state index in [4.69, 9.17) is 9.47 Å². The summed E-state index contributed by atoms with van der Waals surface area (Å²) in [5, 5.41) is 5.23. The minimum absolute atomic E-state index is 0.0297. The average molecular weight is 297 g/mol. The molecule has 0 aliphatic carbocycles. The van der Waals surface area contributed by atoms with Gasteiger partial charge in [0.05, 0.1) is 6.04 Å². The van der Waals surface area contributed by atoms with Crippen LogP contribution in [0.4, 0.5) is 9.59 Å². The highest BCUT2D eigenvalue weighted by Crippen LogP contribution is 2.31. The Morgan fingerprint density at radius 3 is 2.71 bits per heavy atom. The van der Waals surface area contributed by atoms with Gasteiger partial charge in [0.2, 0.25) is 0 Å². The highest BCUT2D eigenvalue weighted by atomic mass is 16.6. The zero-order valence-corrected chi connectivity index (χ0v) is 12.6. The Balaban J connectivity index is 1.88. The average Bonchev–Trinajstić information content (AvgIpc) is 3.01. The Morgan fingerprint density at radius 2 is 2.00 bits per heavy atom. The third-order valence-corrected chi connectivity index (χ3v) is 3.68. The summed E-state index contributed by atoms with van der Waals surface area (Å²) in [6.45, 7) is 6.71. The summed E-state index contributed by atoms with van der Waals surface area (Å²) in [6, 6.07) is 0.0297. The first-order valence-electron chi connectivity index (χ1n) is 7.43. The number of hydrogen-bond acceptors (Lipinski definition) is 5. The van der Waals surface area contributed by atoms with Crippen molar-refractivity contribution in [1.29, 1.82) is 0 Å². The number of hydrogen-bond donors (Lipinski definition) is 2. The van der Waals surface area contributed by atoms with E-state index in [1.54, 1.807) is 0 Å². The highest BCUT2D eigenvalue weighted by molar-refractivity contribution is 5.68. The molecule has 21 heavy (non-hydrogen) atoms. The summed E-state index contributed by atoms with van der Waals surface area (Å²) in [5.41, 5.74) is 1.01.